The minimum absolute atomic E-state index is 0.0377. The number of ether oxygens (including phenoxy) is 3. The highest BCUT2D eigenvalue weighted by Gasteiger charge is 2.45. The molecule has 1 aliphatic heterocycles. The van der Waals surface area contributed by atoms with Gasteiger partial charge < -0.3 is 24.6 Å². The molecule has 0 bridgehead atoms. The van der Waals surface area contributed by atoms with Crippen LogP contribution in [0.2, 0.25) is 0 Å². The van der Waals surface area contributed by atoms with Gasteiger partial charge in [-0.25, -0.2) is 0 Å². The molecule has 1 aromatic carbocycles. The first kappa shape index (κ1) is 26.3. The van der Waals surface area contributed by atoms with Crippen molar-refractivity contribution in [3.8, 4) is 0 Å². The molecule has 2 N–H and O–H groups in total. The van der Waals surface area contributed by atoms with Gasteiger partial charge in [0.15, 0.2) is 0 Å². The third-order valence-electron chi connectivity index (χ3n) is 6.54. The number of nitrogens with one attached hydrogen (secondary N) is 1. The molecule has 2 aliphatic rings. The lowest BCUT2D eigenvalue weighted by molar-refractivity contribution is -0.140. The molecule has 2 fully saturated rings. The monoisotopic (exact) mass is 474 g/mol. The molecule has 8 heteroatoms. The summed E-state index contributed by atoms with van der Waals surface area (Å²) in [6.07, 6.45) is 7.19. The highest BCUT2D eigenvalue weighted by Crippen LogP contribution is 2.36. The molecule has 1 saturated carbocycles. The van der Waals surface area contributed by atoms with Crippen LogP contribution in [-0.4, -0.2) is 73.5 Å². The molecule has 34 heavy (non-hydrogen) atoms. The molecule has 1 saturated heterocycles. The molecule has 0 unspecified atom stereocenters. The third-order valence-corrected chi connectivity index (χ3v) is 6.54. The van der Waals surface area contributed by atoms with Crippen molar-refractivity contribution in [3.63, 3.8) is 0 Å². The van der Waals surface area contributed by atoms with E-state index in [1.165, 1.54) is 14.0 Å². The lowest BCUT2D eigenvalue weighted by Gasteiger charge is -2.37. The number of aliphatic hydroxyl groups excluding tert-OH is 1. The second-order valence-electron chi connectivity index (χ2n) is 9.01. The number of anilines is 1. The van der Waals surface area contributed by atoms with Crippen molar-refractivity contribution in [1.82, 2.24) is 4.90 Å². The molecule has 1 amide bonds. The molecule has 1 heterocycles. The van der Waals surface area contributed by atoms with E-state index in [0.29, 0.717) is 32.7 Å². The summed E-state index contributed by atoms with van der Waals surface area (Å²) in [6.45, 7) is 4.95. The van der Waals surface area contributed by atoms with E-state index in [1.807, 2.05) is 24.3 Å². The van der Waals surface area contributed by atoms with Gasteiger partial charge in [-0.2, -0.15) is 0 Å². The van der Waals surface area contributed by atoms with Gasteiger partial charge in [-0.05, 0) is 37.0 Å². The maximum absolute atomic E-state index is 11.3. The van der Waals surface area contributed by atoms with E-state index in [-0.39, 0.29) is 29.9 Å². The quantitative estimate of drug-likeness (QED) is 0.289. The Bertz CT molecular complexity index is 806. The Kier molecular flexibility index (Phi) is 10.5. The van der Waals surface area contributed by atoms with Gasteiger partial charge in [0.1, 0.15) is 0 Å². The van der Waals surface area contributed by atoms with Crippen LogP contribution in [0.5, 0.6) is 0 Å². The molecule has 1 aromatic rings. The molecule has 1 aliphatic carbocycles. The van der Waals surface area contributed by atoms with Crippen LogP contribution in [0, 0.1) is 5.92 Å². The van der Waals surface area contributed by atoms with Crippen molar-refractivity contribution >= 4 is 17.6 Å². The van der Waals surface area contributed by atoms with E-state index in [1.54, 1.807) is 0 Å². The Morgan fingerprint density at radius 3 is 2.62 bits per heavy atom. The second kappa shape index (κ2) is 13.6. The molecule has 0 spiro atoms. The molecule has 0 radical (unpaired) electrons. The van der Waals surface area contributed by atoms with Crippen molar-refractivity contribution in [2.75, 3.05) is 38.7 Å². The number of allylic oxidation sites excluding steroid dienone is 2. The van der Waals surface area contributed by atoms with Gasteiger partial charge >= 0.3 is 5.97 Å². The Morgan fingerprint density at radius 1 is 1.21 bits per heavy atom. The molecule has 188 valence electrons. The van der Waals surface area contributed by atoms with Crippen LogP contribution >= 0.6 is 0 Å². The van der Waals surface area contributed by atoms with E-state index in [0.717, 1.165) is 43.6 Å². The molecular formula is C26H38N2O6. The van der Waals surface area contributed by atoms with E-state index in [9.17, 15) is 14.7 Å². The first-order valence-electron chi connectivity index (χ1n) is 12.2. The minimum atomic E-state index is -0.442. The van der Waals surface area contributed by atoms with Crippen LogP contribution in [0.25, 0.3) is 0 Å². The molecule has 3 rings (SSSR count). The van der Waals surface area contributed by atoms with Gasteiger partial charge in [0, 0.05) is 50.5 Å². The number of methoxy groups -OCH3 is 1. The summed E-state index contributed by atoms with van der Waals surface area (Å²) < 4.78 is 16.5. The van der Waals surface area contributed by atoms with Crippen LogP contribution in [0.4, 0.5) is 5.69 Å². The van der Waals surface area contributed by atoms with Gasteiger partial charge in [0.25, 0.3) is 0 Å². The molecule has 8 nitrogen and oxygen atoms in total. The Morgan fingerprint density at radius 2 is 1.94 bits per heavy atom. The minimum Gasteiger partial charge on any atom is -0.469 e. The number of amides is 1. The number of unbranched alkanes of at least 4 members (excludes halogenated alkanes) is 1. The SMILES string of the molecule is COC(=O)CCCC=CC[C@@H]1[C@@H](N2CCOCC2)[C@H](O)C[C@@H]1OCc1ccc(NC(C)=O)cc1. The lowest BCUT2D eigenvalue weighted by Crippen LogP contribution is -2.50. The van der Waals surface area contributed by atoms with Crippen molar-refractivity contribution < 1.29 is 28.9 Å². The fraction of sp³-hybridized carbons (Fsp3) is 0.615. The van der Waals surface area contributed by atoms with Crippen molar-refractivity contribution in [2.24, 2.45) is 5.92 Å². The summed E-state index contributed by atoms with van der Waals surface area (Å²) in [6, 6.07) is 7.68. The smallest absolute Gasteiger partial charge is 0.305 e. The Balaban J connectivity index is 1.60. The van der Waals surface area contributed by atoms with E-state index in [4.69, 9.17) is 14.2 Å². The molecular weight excluding hydrogens is 436 g/mol. The second-order valence-corrected chi connectivity index (χ2v) is 9.01. The summed E-state index contributed by atoms with van der Waals surface area (Å²) in [7, 11) is 1.41. The third kappa shape index (κ3) is 7.91. The standard InChI is InChI=1S/C26H38N2O6/c1-19(29)27-21-11-9-20(10-12-21)18-34-24-17-23(30)26(28-13-15-33-16-14-28)22(24)7-5-3-4-6-8-25(31)32-2/h3,5,9-12,22-24,26,30H,4,6-8,13-18H2,1-2H3,(H,27,29)/t22-,23+,24-,26+/m0/s1. The fourth-order valence-electron chi connectivity index (χ4n) is 4.86. The van der Waals surface area contributed by atoms with Crippen LogP contribution in [0.15, 0.2) is 36.4 Å². The van der Waals surface area contributed by atoms with Crippen LogP contribution in [0.3, 0.4) is 0 Å². The number of carbonyl (C=O) groups is 2. The zero-order chi connectivity index (χ0) is 24.3. The average molecular weight is 475 g/mol. The van der Waals surface area contributed by atoms with Crippen molar-refractivity contribution in [1.29, 1.82) is 0 Å². The first-order chi connectivity index (χ1) is 16.5. The average Bonchev–Trinajstić information content (AvgIpc) is 3.15. The maximum atomic E-state index is 11.3. The van der Waals surface area contributed by atoms with Gasteiger partial charge in [-0.3, -0.25) is 14.5 Å². The van der Waals surface area contributed by atoms with Gasteiger partial charge in [0.05, 0.1) is 39.1 Å². The van der Waals surface area contributed by atoms with Crippen LogP contribution < -0.4 is 5.32 Å². The number of esters is 1. The zero-order valence-electron chi connectivity index (χ0n) is 20.3. The highest BCUT2D eigenvalue weighted by molar-refractivity contribution is 5.88. The molecule has 0 aromatic heterocycles. The lowest BCUT2D eigenvalue weighted by atomic mass is 9.94. The largest absolute Gasteiger partial charge is 0.469 e. The summed E-state index contributed by atoms with van der Waals surface area (Å²) in [5.41, 5.74) is 1.78. The van der Waals surface area contributed by atoms with Crippen molar-refractivity contribution in [3.05, 3.63) is 42.0 Å². The number of rotatable bonds is 11. The normalized spacial score (nSPS) is 25.5. The Labute approximate surface area is 202 Å². The molecule has 4 atom stereocenters. The van der Waals surface area contributed by atoms with Crippen molar-refractivity contribution in [2.45, 2.75) is 63.9 Å². The highest BCUT2D eigenvalue weighted by atomic mass is 16.5. The number of hydrogen-bond donors (Lipinski definition) is 2. The number of benzene rings is 1. The number of morpholine rings is 1. The summed E-state index contributed by atoms with van der Waals surface area (Å²) in [5.74, 6) is -0.110. The van der Waals surface area contributed by atoms with Gasteiger partial charge in [-0.15, -0.1) is 0 Å². The zero-order valence-corrected chi connectivity index (χ0v) is 20.3. The summed E-state index contributed by atoms with van der Waals surface area (Å²) in [5, 5.41) is 13.7. The number of hydrogen-bond acceptors (Lipinski definition) is 7. The van der Waals surface area contributed by atoms with Crippen LogP contribution in [-0.2, 0) is 30.4 Å². The van der Waals surface area contributed by atoms with E-state index in [2.05, 4.69) is 22.4 Å². The topological polar surface area (TPSA) is 97.3 Å². The van der Waals surface area contributed by atoms with E-state index < -0.39 is 6.10 Å². The predicted molar refractivity (Wildman–Crippen MR) is 129 cm³/mol. The van der Waals surface area contributed by atoms with Crippen LogP contribution in [0.1, 0.15) is 44.6 Å². The number of aliphatic hydroxyl groups is 1. The predicted octanol–water partition coefficient (Wildman–Crippen LogP) is 2.90. The summed E-state index contributed by atoms with van der Waals surface area (Å²) in [4.78, 5) is 24.8. The van der Waals surface area contributed by atoms with E-state index >= 15 is 0 Å². The summed E-state index contributed by atoms with van der Waals surface area (Å²) >= 11 is 0. The number of nitrogens with zero attached hydrogens (tertiary/aromatic N) is 1. The first-order valence-corrected chi connectivity index (χ1v) is 12.2. The van der Waals surface area contributed by atoms with Gasteiger partial charge in [-0.1, -0.05) is 24.3 Å². The number of carbonyl (C=O) groups excluding carboxylic acids is 2. The maximum Gasteiger partial charge on any atom is 0.305 e. The fourth-order valence-corrected chi connectivity index (χ4v) is 4.86. The Hall–Kier alpha value is -2.26. The van der Waals surface area contributed by atoms with Gasteiger partial charge in [0.2, 0.25) is 5.91 Å².